The van der Waals surface area contributed by atoms with E-state index < -0.39 is 5.97 Å². The molecule has 0 saturated carbocycles. The van der Waals surface area contributed by atoms with Gasteiger partial charge in [-0.3, -0.25) is 0 Å². The van der Waals surface area contributed by atoms with Crippen molar-refractivity contribution in [2.24, 2.45) is 7.05 Å². The molecule has 0 radical (unpaired) electrons. The Morgan fingerprint density at radius 1 is 0.846 bits per heavy atom. The molecule has 6 aromatic rings. The fraction of sp³-hybridized carbons (Fsp3) is 0.182. The minimum Gasteiger partial charge on any atom is -0.478 e. The number of benzene rings is 4. The van der Waals surface area contributed by atoms with Gasteiger partial charge in [0.25, 0.3) is 0 Å². The summed E-state index contributed by atoms with van der Waals surface area (Å²) in [7, 11) is 2.07. The van der Waals surface area contributed by atoms with Crippen LogP contribution in [0.25, 0.3) is 44.6 Å². The molecule has 0 aliphatic rings. The molecule has 194 valence electrons. The van der Waals surface area contributed by atoms with Crippen LogP contribution in [0.5, 0.6) is 0 Å². The molecule has 0 aliphatic carbocycles. The summed E-state index contributed by atoms with van der Waals surface area (Å²) in [5, 5.41) is 9.59. The van der Waals surface area contributed by atoms with Crippen molar-refractivity contribution in [3.63, 3.8) is 0 Å². The second-order valence-corrected chi connectivity index (χ2v) is 10.1. The number of hydrogen-bond acceptors (Lipinski definition) is 3. The highest BCUT2D eigenvalue weighted by molar-refractivity contribution is 5.96. The van der Waals surface area contributed by atoms with Crippen molar-refractivity contribution in [3.05, 3.63) is 107 Å². The lowest BCUT2D eigenvalue weighted by Gasteiger charge is -2.11. The molecule has 6 nitrogen and oxygen atoms in total. The van der Waals surface area contributed by atoms with Gasteiger partial charge in [-0.15, -0.1) is 0 Å². The molecule has 4 aromatic carbocycles. The zero-order valence-electron chi connectivity index (χ0n) is 22.3. The molecule has 0 bridgehead atoms. The van der Waals surface area contributed by atoms with Crippen LogP contribution < -0.4 is 0 Å². The van der Waals surface area contributed by atoms with Crippen LogP contribution in [0.3, 0.4) is 0 Å². The van der Waals surface area contributed by atoms with E-state index in [1.165, 1.54) is 5.56 Å². The van der Waals surface area contributed by atoms with Gasteiger partial charge in [0.2, 0.25) is 0 Å². The van der Waals surface area contributed by atoms with Gasteiger partial charge in [0.15, 0.2) is 0 Å². The maximum Gasteiger partial charge on any atom is 0.336 e. The molecule has 0 saturated heterocycles. The second kappa shape index (κ2) is 9.87. The maximum absolute atomic E-state index is 11.7. The van der Waals surface area contributed by atoms with E-state index in [4.69, 9.17) is 9.97 Å². The van der Waals surface area contributed by atoms with Crippen molar-refractivity contribution in [1.29, 1.82) is 0 Å². The Bertz CT molecular complexity index is 1840. The normalized spacial score (nSPS) is 11.5. The first-order valence-corrected chi connectivity index (χ1v) is 13.3. The molecule has 0 atom stereocenters. The van der Waals surface area contributed by atoms with E-state index in [9.17, 15) is 9.90 Å². The third-order valence-corrected chi connectivity index (χ3v) is 7.36. The predicted octanol–water partition coefficient (Wildman–Crippen LogP) is 7.26. The molecule has 6 rings (SSSR count). The molecule has 0 aliphatic heterocycles. The van der Waals surface area contributed by atoms with Crippen LogP contribution >= 0.6 is 0 Å². The molecule has 39 heavy (non-hydrogen) atoms. The first kappa shape index (κ1) is 24.6. The Morgan fingerprint density at radius 3 is 2.33 bits per heavy atom. The number of aromatic nitrogens is 4. The van der Waals surface area contributed by atoms with E-state index >= 15 is 0 Å². The summed E-state index contributed by atoms with van der Waals surface area (Å²) < 4.78 is 4.46. The van der Waals surface area contributed by atoms with Gasteiger partial charge < -0.3 is 14.2 Å². The van der Waals surface area contributed by atoms with Crippen LogP contribution in [0.2, 0.25) is 0 Å². The van der Waals surface area contributed by atoms with Crippen LogP contribution in [0.1, 0.15) is 40.7 Å². The van der Waals surface area contributed by atoms with Crippen molar-refractivity contribution in [3.8, 4) is 22.5 Å². The third kappa shape index (κ3) is 4.48. The van der Waals surface area contributed by atoms with Crippen LogP contribution in [-0.4, -0.2) is 30.2 Å². The lowest BCUT2D eigenvalue weighted by atomic mass is 9.99. The van der Waals surface area contributed by atoms with Crippen LogP contribution in [-0.2, 0) is 20.0 Å². The molecule has 0 fully saturated rings. The van der Waals surface area contributed by atoms with Crippen molar-refractivity contribution in [1.82, 2.24) is 19.1 Å². The van der Waals surface area contributed by atoms with Gasteiger partial charge in [-0.05, 0) is 72.0 Å². The van der Waals surface area contributed by atoms with Gasteiger partial charge in [0, 0.05) is 25.6 Å². The van der Waals surface area contributed by atoms with E-state index in [-0.39, 0.29) is 0 Å². The lowest BCUT2D eigenvalue weighted by Crippen LogP contribution is -2.05. The van der Waals surface area contributed by atoms with Crippen molar-refractivity contribution >= 4 is 28.0 Å². The predicted molar refractivity (Wildman–Crippen MR) is 156 cm³/mol. The monoisotopic (exact) mass is 514 g/mol. The average molecular weight is 515 g/mol. The topological polar surface area (TPSA) is 72.9 Å². The highest BCUT2D eigenvalue weighted by atomic mass is 16.4. The molecule has 2 heterocycles. The van der Waals surface area contributed by atoms with E-state index in [1.54, 1.807) is 12.1 Å². The minimum absolute atomic E-state index is 0.306. The number of aryl methyl sites for hydroxylation is 3. The molecule has 0 unspecified atom stereocenters. The molecule has 0 amide bonds. The number of imidazole rings is 2. The number of fused-ring (bicyclic) bond motifs is 2. The molecular formula is C33H30N4O2. The quantitative estimate of drug-likeness (QED) is 0.243. The van der Waals surface area contributed by atoms with Crippen LogP contribution in [0, 0.1) is 6.92 Å². The molecule has 0 spiro atoms. The summed E-state index contributed by atoms with van der Waals surface area (Å²) in [5.74, 6) is 1.07. The SMILES string of the molecule is CCCc1nc2ccc(-c3nc4ccc(C)cc4n3C)cc2n1Cc1ccc(-c2ccccc2C(=O)O)cc1. The Kier molecular flexibility index (Phi) is 6.23. The van der Waals surface area contributed by atoms with E-state index in [0.717, 1.165) is 68.8 Å². The minimum atomic E-state index is -0.921. The smallest absolute Gasteiger partial charge is 0.336 e. The van der Waals surface area contributed by atoms with Gasteiger partial charge in [-0.2, -0.15) is 0 Å². The van der Waals surface area contributed by atoms with Gasteiger partial charge in [-0.1, -0.05) is 55.5 Å². The average Bonchev–Trinajstić information content (AvgIpc) is 3.45. The second-order valence-electron chi connectivity index (χ2n) is 10.1. The summed E-state index contributed by atoms with van der Waals surface area (Å²) in [6.45, 7) is 4.95. The van der Waals surface area contributed by atoms with Gasteiger partial charge in [0.1, 0.15) is 11.6 Å². The molecule has 6 heteroatoms. The lowest BCUT2D eigenvalue weighted by molar-refractivity contribution is 0.0697. The number of carboxylic acid groups (broad SMARTS) is 1. The zero-order chi connectivity index (χ0) is 27.1. The van der Waals surface area contributed by atoms with Crippen molar-refractivity contribution < 1.29 is 9.90 Å². The Balaban J connectivity index is 1.39. The van der Waals surface area contributed by atoms with E-state index in [1.807, 2.05) is 24.3 Å². The largest absolute Gasteiger partial charge is 0.478 e. The Labute approximate surface area is 227 Å². The zero-order valence-corrected chi connectivity index (χ0v) is 22.3. The van der Waals surface area contributed by atoms with Gasteiger partial charge in [-0.25, -0.2) is 14.8 Å². The van der Waals surface area contributed by atoms with Crippen LogP contribution in [0.15, 0.2) is 84.9 Å². The third-order valence-electron chi connectivity index (χ3n) is 7.36. The molecule has 1 N–H and O–H groups in total. The van der Waals surface area contributed by atoms with Gasteiger partial charge >= 0.3 is 5.97 Å². The Morgan fingerprint density at radius 2 is 1.56 bits per heavy atom. The van der Waals surface area contributed by atoms with Gasteiger partial charge in [0.05, 0.1) is 27.6 Å². The van der Waals surface area contributed by atoms with Crippen LogP contribution in [0.4, 0.5) is 0 Å². The summed E-state index contributed by atoms with van der Waals surface area (Å²) >= 11 is 0. The fourth-order valence-electron chi connectivity index (χ4n) is 5.35. The number of carboxylic acids is 1. The van der Waals surface area contributed by atoms with Crippen molar-refractivity contribution in [2.75, 3.05) is 0 Å². The number of carbonyl (C=O) groups is 1. The van der Waals surface area contributed by atoms with E-state index in [2.05, 4.69) is 78.6 Å². The fourth-order valence-corrected chi connectivity index (χ4v) is 5.35. The first-order chi connectivity index (χ1) is 18.9. The maximum atomic E-state index is 11.7. The highest BCUT2D eigenvalue weighted by Crippen LogP contribution is 2.29. The van der Waals surface area contributed by atoms with Crippen molar-refractivity contribution in [2.45, 2.75) is 33.2 Å². The standard InChI is InChI=1S/C33H30N4O2/c1-4-7-31-34-28-17-15-24(32-35-27-16-10-21(2)18-29(27)36(32)3)19-30(28)37(31)20-22-11-13-23(14-12-22)25-8-5-6-9-26(25)33(38)39/h5-6,8-19H,4,7,20H2,1-3H3,(H,38,39). The highest BCUT2D eigenvalue weighted by Gasteiger charge is 2.16. The summed E-state index contributed by atoms with van der Waals surface area (Å²) in [5.41, 5.74) is 9.49. The Hall–Kier alpha value is -4.71. The number of hydrogen-bond donors (Lipinski definition) is 1. The number of aromatic carboxylic acids is 1. The number of rotatable bonds is 7. The summed E-state index contributed by atoms with van der Waals surface area (Å²) in [6, 6.07) is 28.0. The number of nitrogens with zero attached hydrogens (tertiary/aromatic N) is 4. The summed E-state index contributed by atoms with van der Waals surface area (Å²) in [4.78, 5) is 21.6. The molecular weight excluding hydrogens is 484 g/mol. The molecule has 2 aromatic heterocycles. The summed E-state index contributed by atoms with van der Waals surface area (Å²) in [6.07, 6.45) is 1.89. The first-order valence-electron chi connectivity index (χ1n) is 13.3. The van der Waals surface area contributed by atoms with E-state index in [0.29, 0.717) is 12.1 Å².